The minimum atomic E-state index is 0.117. The van der Waals surface area contributed by atoms with E-state index in [4.69, 9.17) is 4.98 Å². The first-order valence-corrected chi connectivity index (χ1v) is 11.5. The van der Waals surface area contributed by atoms with Crippen LogP contribution in [0, 0.1) is 6.92 Å². The van der Waals surface area contributed by atoms with E-state index in [1.807, 2.05) is 41.3 Å². The summed E-state index contributed by atoms with van der Waals surface area (Å²) in [6.07, 6.45) is 0. The molecule has 0 spiro atoms. The monoisotopic (exact) mass is 429 g/mol. The van der Waals surface area contributed by atoms with Crippen molar-refractivity contribution in [1.29, 1.82) is 0 Å². The van der Waals surface area contributed by atoms with E-state index in [9.17, 15) is 4.79 Å². The number of thioether (sulfide) groups is 1. The van der Waals surface area contributed by atoms with Crippen molar-refractivity contribution in [2.45, 2.75) is 38.5 Å². The summed E-state index contributed by atoms with van der Waals surface area (Å²) in [6.45, 7) is 6.83. The number of fused-ring (bicyclic) bond motifs is 1. The maximum absolute atomic E-state index is 13.1. The van der Waals surface area contributed by atoms with E-state index in [1.54, 1.807) is 0 Å². The van der Waals surface area contributed by atoms with Gasteiger partial charge in [-0.05, 0) is 56.2 Å². The van der Waals surface area contributed by atoms with Crippen LogP contribution in [0.2, 0.25) is 0 Å². The van der Waals surface area contributed by atoms with E-state index < -0.39 is 0 Å². The van der Waals surface area contributed by atoms with Gasteiger partial charge in [-0.25, -0.2) is 4.98 Å². The summed E-state index contributed by atoms with van der Waals surface area (Å²) in [6, 6.07) is 26.8. The van der Waals surface area contributed by atoms with Crippen LogP contribution in [-0.2, 0) is 11.3 Å². The third-order valence-electron chi connectivity index (χ3n) is 5.25. The van der Waals surface area contributed by atoms with Gasteiger partial charge in [-0.15, -0.1) is 0 Å². The number of nitrogens with zero attached hydrogens (tertiary/aromatic N) is 3. The zero-order chi connectivity index (χ0) is 21.8. The quantitative estimate of drug-likeness (QED) is 0.345. The molecule has 158 valence electrons. The van der Waals surface area contributed by atoms with E-state index >= 15 is 0 Å². The summed E-state index contributed by atoms with van der Waals surface area (Å²) < 4.78 is 2.15. The lowest BCUT2D eigenvalue weighted by molar-refractivity contribution is -0.130. The van der Waals surface area contributed by atoms with Gasteiger partial charge in [0.25, 0.3) is 0 Å². The lowest BCUT2D eigenvalue weighted by atomic mass is 10.2. The van der Waals surface area contributed by atoms with Gasteiger partial charge >= 0.3 is 0 Å². The highest BCUT2D eigenvalue weighted by Crippen LogP contribution is 2.29. The van der Waals surface area contributed by atoms with Gasteiger partial charge in [-0.2, -0.15) is 0 Å². The second-order valence-electron chi connectivity index (χ2n) is 7.95. The van der Waals surface area contributed by atoms with Gasteiger partial charge in [0.05, 0.1) is 16.8 Å². The minimum Gasteiger partial charge on any atom is -0.335 e. The van der Waals surface area contributed by atoms with Gasteiger partial charge in [0.1, 0.15) is 0 Å². The Bertz CT molecular complexity index is 1180. The van der Waals surface area contributed by atoms with Gasteiger partial charge in [0.15, 0.2) is 5.16 Å². The van der Waals surface area contributed by atoms with Gasteiger partial charge in [0.2, 0.25) is 5.91 Å². The fourth-order valence-electron chi connectivity index (χ4n) is 3.67. The standard InChI is InChI=1S/C26H27N3OS/c1-19(2)28(17-21-11-5-4-6-12-21)25(30)18-31-26-27-23-14-7-8-15-24(23)29(26)22-13-9-10-20(3)16-22/h4-16,19H,17-18H2,1-3H3. The molecule has 0 aliphatic heterocycles. The number of carbonyl (C=O) groups is 1. The number of aromatic nitrogens is 2. The van der Waals surface area contributed by atoms with Gasteiger partial charge < -0.3 is 4.90 Å². The number of imidazole rings is 1. The summed E-state index contributed by atoms with van der Waals surface area (Å²) in [4.78, 5) is 19.9. The third-order valence-corrected chi connectivity index (χ3v) is 6.18. The molecule has 0 atom stereocenters. The number of rotatable bonds is 7. The predicted octanol–water partition coefficient (Wildman–Crippen LogP) is 5.86. The van der Waals surface area contributed by atoms with Crippen molar-refractivity contribution in [3.63, 3.8) is 0 Å². The maximum Gasteiger partial charge on any atom is 0.233 e. The molecule has 3 aromatic carbocycles. The van der Waals surface area contributed by atoms with Crippen molar-refractivity contribution in [3.8, 4) is 5.69 Å². The lowest BCUT2D eigenvalue weighted by Crippen LogP contribution is -2.37. The summed E-state index contributed by atoms with van der Waals surface area (Å²) >= 11 is 1.50. The number of amides is 1. The van der Waals surface area contributed by atoms with Gasteiger partial charge in [0, 0.05) is 18.3 Å². The zero-order valence-corrected chi connectivity index (χ0v) is 19.0. The van der Waals surface area contributed by atoms with Crippen LogP contribution in [0.4, 0.5) is 0 Å². The largest absolute Gasteiger partial charge is 0.335 e. The van der Waals surface area contributed by atoms with Crippen LogP contribution < -0.4 is 0 Å². The Labute approximate surface area is 187 Å². The Morgan fingerprint density at radius 2 is 1.74 bits per heavy atom. The highest BCUT2D eigenvalue weighted by Gasteiger charge is 2.20. The average Bonchev–Trinajstić information content (AvgIpc) is 3.15. The van der Waals surface area contributed by atoms with Crippen LogP contribution in [0.1, 0.15) is 25.0 Å². The number of aryl methyl sites for hydroxylation is 1. The SMILES string of the molecule is Cc1cccc(-n2c(SCC(=O)N(Cc3ccccc3)C(C)C)nc3ccccc32)c1. The molecule has 1 heterocycles. The molecule has 31 heavy (non-hydrogen) atoms. The van der Waals surface area contributed by atoms with Crippen LogP contribution >= 0.6 is 11.8 Å². The Balaban J connectivity index is 1.59. The predicted molar refractivity (Wildman–Crippen MR) is 129 cm³/mol. The van der Waals surface area contributed by atoms with Crippen LogP contribution in [-0.4, -0.2) is 32.2 Å². The molecule has 1 amide bonds. The Hall–Kier alpha value is -3.05. The smallest absolute Gasteiger partial charge is 0.233 e. The molecular weight excluding hydrogens is 402 g/mol. The fourth-order valence-corrected chi connectivity index (χ4v) is 4.58. The molecule has 4 aromatic rings. The maximum atomic E-state index is 13.1. The number of hydrogen-bond acceptors (Lipinski definition) is 3. The van der Waals surface area contributed by atoms with E-state index in [0.717, 1.165) is 27.4 Å². The first-order valence-electron chi connectivity index (χ1n) is 10.5. The molecule has 0 aliphatic carbocycles. The molecule has 4 nitrogen and oxygen atoms in total. The average molecular weight is 430 g/mol. The molecule has 0 fully saturated rings. The van der Waals surface area contributed by atoms with E-state index in [0.29, 0.717) is 12.3 Å². The molecule has 0 aliphatic rings. The van der Waals surface area contributed by atoms with Crippen molar-refractivity contribution in [2.75, 3.05) is 5.75 Å². The van der Waals surface area contributed by atoms with Crippen LogP contribution in [0.3, 0.4) is 0 Å². The van der Waals surface area contributed by atoms with Crippen LogP contribution in [0.5, 0.6) is 0 Å². The highest BCUT2D eigenvalue weighted by atomic mass is 32.2. The molecule has 4 rings (SSSR count). The molecule has 5 heteroatoms. The molecule has 0 saturated heterocycles. The number of para-hydroxylation sites is 2. The molecule has 0 N–H and O–H groups in total. The molecule has 0 radical (unpaired) electrons. The van der Waals surface area contributed by atoms with E-state index in [1.165, 1.54) is 17.3 Å². The van der Waals surface area contributed by atoms with Crippen LogP contribution in [0.25, 0.3) is 16.7 Å². The second-order valence-corrected chi connectivity index (χ2v) is 8.89. The van der Waals surface area contributed by atoms with Gasteiger partial charge in [-0.1, -0.05) is 66.4 Å². The van der Waals surface area contributed by atoms with E-state index in [2.05, 4.69) is 67.8 Å². The third kappa shape index (κ3) is 4.83. The fraction of sp³-hybridized carbons (Fsp3) is 0.231. The lowest BCUT2D eigenvalue weighted by Gasteiger charge is -2.27. The molecule has 1 aromatic heterocycles. The minimum absolute atomic E-state index is 0.117. The number of benzene rings is 3. The van der Waals surface area contributed by atoms with Crippen molar-refractivity contribution in [1.82, 2.24) is 14.5 Å². The topological polar surface area (TPSA) is 38.1 Å². The summed E-state index contributed by atoms with van der Waals surface area (Å²) in [5.41, 5.74) is 5.38. The van der Waals surface area contributed by atoms with Gasteiger partial charge in [-0.3, -0.25) is 9.36 Å². The van der Waals surface area contributed by atoms with Crippen molar-refractivity contribution in [3.05, 3.63) is 90.0 Å². The summed E-state index contributed by atoms with van der Waals surface area (Å²) in [5.74, 6) is 0.465. The second kappa shape index (κ2) is 9.40. The zero-order valence-electron chi connectivity index (χ0n) is 18.2. The number of carbonyl (C=O) groups excluding carboxylic acids is 1. The molecule has 0 saturated carbocycles. The first kappa shape index (κ1) is 21.2. The normalized spacial score (nSPS) is 11.2. The van der Waals surface area contributed by atoms with Crippen molar-refractivity contribution < 1.29 is 4.79 Å². The Morgan fingerprint density at radius 1 is 1.00 bits per heavy atom. The van der Waals surface area contributed by atoms with Crippen molar-refractivity contribution in [2.24, 2.45) is 0 Å². The molecular formula is C26H27N3OS. The Morgan fingerprint density at radius 3 is 2.48 bits per heavy atom. The number of hydrogen-bond donors (Lipinski definition) is 0. The summed E-state index contributed by atoms with van der Waals surface area (Å²) in [7, 11) is 0. The van der Waals surface area contributed by atoms with Crippen LogP contribution in [0.15, 0.2) is 84.0 Å². The van der Waals surface area contributed by atoms with Crippen molar-refractivity contribution >= 4 is 28.7 Å². The highest BCUT2D eigenvalue weighted by molar-refractivity contribution is 7.99. The van der Waals surface area contributed by atoms with E-state index in [-0.39, 0.29) is 11.9 Å². The Kier molecular flexibility index (Phi) is 6.42. The summed E-state index contributed by atoms with van der Waals surface area (Å²) in [5, 5.41) is 0.837. The molecule has 0 bridgehead atoms. The first-order chi connectivity index (χ1) is 15.0. The molecule has 0 unspecified atom stereocenters.